The summed E-state index contributed by atoms with van der Waals surface area (Å²) in [5.41, 5.74) is 3.08. The molecular weight excluding hydrogens is 392 g/mol. The molecule has 0 aliphatic heterocycles. The van der Waals surface area contributed by atoms with Crippen LogP contribution in [0.25, 0.3) is 10.9 Å². The normalized spacial score (nSPS) is 11.5. The lowest BCUT2D eigenvalue weighted by molar-refractivity contribution is 0.0743. The summed E-state index contributed by atoms with van der Waals surface area (Å²) >= 11 is 7.70. The third-order valence-corrected chi connectivity index (χ3v) is 5.74. The van der Waals surface area contributed by atoms with Gasteiger partial charge in [0, 0.05) is 23.9 Å². The minimum atomic E-state index is -0.0292. The van der Waals surface area contributed by atoms with E-state index in [9.17, 15) is 4.79 Å². The quantitative estimate of drug-likeness (QED) is 0.277. The van der Waals surface area contributed by atoms with Crippen molar-refractivity contribution in [2.75, 3.05) is 6.61 Å². The van der Waals surface area contributed by atoms with Crippen LogP contribution in [0.5, 0.6) is 0 Å². The lowest BCUT2D eigenvalue weighted by Gasteiger charge is -2.14. The number of aromatic nitrogens is 2. The second kappa shape index (κ2) is 9.59. The molecule has 0 atom stereocenters. The summed E-state index contributed by atoms with van der Waals surface area (Å²) in [7, 11) is 0. The van der Waals surface area contributed by atoms with E-state index in [-0.39, 0.29) is 11.7 Å². The van der Waals surface area contributed by atoms with E-state index in [0.717, 1.165) is 12.2 Å². The van der Waals surface area contributed by atoms with E-state index in [0.29, 0.717) is 34.2 Å². The Morgan fingerprint density at radius 2 is 2.00 bits per heavy atom. The average molecular weight is 417 g/mol. The molecule has 0 amide bonds. The SMILES string of the molecule is Cc1ccccc1CSc1nc2cc(Cl)ccc2c(=O)n1CCCOC(C)C. The Balaban J connectivity index is 1.91. The highest BCUT2D eigenvalue weighted by molar-refractivity contribution is 7.98. The number of hydrogen-bond donors (Lipinski definition) is 0. The van der Waals surface area contributed by atoms with E-state index < -0.39 is 0 Å². The Labute approximate surface area is 174 Å². The smallest absolute Gasteiger partial charge is 0.262 e. The lowest BCUT2D eigenvalue weighted by atomic mass is 10.1. The number of ether oxygens (including phenoxy) is 1. The summed E-state index contributed by atoms with van der Waals surface area (Å²) in [5, 5.41) is 1.89. The Bertz CT molecular complexity index is 1020. The van der Waals surface area contributed by atoms with E-state index in [1.54, 1.807) is 34.5 Å². The first-order valence-electron chi connectivity index (χ1n) is 9.44. The minimum Gasteiger partial charge on any atom is -0.379 e. The fraction of sp³-hybridized carbons (Fsp3) is 0.364. The molecular formula is C22H25ClN2O2S. The van der Waals surface area contributed by atoms with Gasteiger partial charge in [0.2, 0.25) is 0 Å². The Morgan fingerprint density at radius 1 is 1.21 bits per heavy atom. The molecule has 0 fully saturated rings. The van der Waals surface area contributed by atoms with Crippen LogP contribution in [-0.2, 0) is 17.0 Å². The highest BCUT2D eigenvalue weighted by Gasteiger charge is 2.13. The van der Waals surface area contributed by atoms with E-state index in [4.69, 9.17) is 21.3 Å². The monoisotopic (exact) mass is 416 g/mol. The van der Waals surface area contributed by atoms with Gasteiger partial charge in [0.25, 0.3) is 5.56 Å². The highest BCUT2D eigenvalue weighted by atomic mass is 35.5. The van der Waals surface area contributed by atoms with E-state index in [1.165, 1.54) is 11.1 Å². The van der Waals surface area contributed by atoms with Crippen LogP contribution >= 0.6 is 23.4 Å². The van der Waals surface area contributed by atoms with Gasteiger partial charge < -0.3 is 4.74 Å². The number of aryl methyl sites for hydroxylation is 1. The predicted molar refractivity (Wildman–Crippen MR) is 117 cm³/mol. The van der Waals surface area contributed by atoms with Crippen LogP contribution < -0.4 is 5.56 Å². The molecule has 0 N–H and O–H groups in total. The molecule has 0 radical (unpaired) electrons. The molecule has 0 saturated heterocycles. The van der Waals surface area contributed by atoms with Gasteiger partial charge in [-0.2, -0.15) is 0 Å². The van der Waals surface area contributed by atoms with Crippen molar-refractivity contribution in [3.8, 4) is 0 Å². The first-order valence-corrected chi connectivity index (χ1v) is 10.8. The van der Waals surface area contributed by atoms with Gasteiger partial charge in [-0.3, -0.25) is 9.36 Å². The van der Waals surface area contributed by atoms with Crippen molar-refractivity contribution in [3.05, 3.63) is 69.0 Å². The molecule has 148 valence electrons. The molecule has 3 aromatic rings. The van der Waals surface area contributed by atoms with Gasteiger partial charge in [0.1, 0.15) is 0 Å². The third kappa shape index (κ3) is 5.16. The predicted octanol–water partition coefficient (Wildman–Crippen LogP) is 5.47. The molecule has 6 heteroatoms. The Kier molecular flexibility index (Phi) is 7.16. The molecule has 2 aromatic carbocycles. The zero-order valence-corrected chi connectivity index (χ0v) is 18.0. The van der Waals surface area contributed by atoms with Crippen molar-refractivity contribution in [3.63, 3.8) is 0 Å². The number of halogens is 1. The highest BCUT2D eigenvalue weighted by Crippen LogP contribution is 2.25. The van der Waals surface area contributed by atoms with Crippen molar-refractivity contribution in [2.45, 2.75) is 50.8 Å². The maximum Gasteiger partial charge on any atom is 0.262 e. The van der Waals surface area contributed by atoms with E-state index >= 15 is 0 Å². The van der Waals surface area contributed by atoms with Crippen molar-refractivity contribution < 1.29 is 4.74 Å². The first-order chi connectivity index (χ1) is 13.5. The van der Waals surface area contributed by atoms with Crippen LogP contribution in [0.1, 0.15) is 31.4 Å². The van der Waals surface area contributed by atoms with Gasteiger partial charge in [-0.05, 0) is 56.5 Å². The Morgan fingerprint density at radius 3 is 2.75 bits per heavy atom. The zero-order valence-electron chi connectivity index (χ0n) is 16.4. The van der Waals surface area contributed by atoms with Crippen LogP contribution in [0.2, 0.25) is 5.02 Å². The third-order valence-electron chi connectivity index (χ3n) is 4.48. The minimum absolute atomic E-state index is 0.0292. The molecule has 4 nitrogen and oxygen atoms in total. The van der Waals surface area contributed by atoms with Crippen molar-refractivity contribution in [2.24, 2.45) is 0 Å². The summed E-state index contributed by atoms with van der Waals surface area (Å²) in [6, 6.07) is 13.5. The van der Waals surface area contributed by atoms with Gasteiger partial charge >= 0.3 is 0 Å². The zero-order chi connectivity index (χ0) is 20.1. The number of rotatable bonds is 8. The van der Waals surface area contributed by atoms with Gasteiger partial charge in [0.15, 0.2) is 5.16 Å². The number of thioether (sulfide) groups is 1. The fourth-order valence-electron chi connectivity index (χ4n) is 2.94. The topological polar surface area (TPSA) is 44.1 Å². The number of benzene rings is 2. The fourth-order valence-corrected chi connectivity index (χ4v) is 4.20. The summed E-state index contributed by atoms with van der Waals surface area (Å²) in [6.07, 6.45) is 0.944. The lowest BCUT2D eigenvalue weighted by Crippen LogP contribution is -2.24. The number of nitrogens with zero attached hydrogens (tertiary/aromatic N) is 2. The molecule has 0 bridgehead atoms. The van der Waals surface area contributed by atoms with Gasteiger partial charge in [-0.1, -0.05) is 47.6 Å². The van der Waals surface area contributed by atoms with E-state index in [2.05, 4.69) is 19.1 Å². The molecule has 0 unspecified atom stereocenters. The first kappa shape index (κ1) is 20.9. The second-order valence-electron chi connectivity index (χ2n) is 7.00. The Hall–Kier alpha value is -1.82. The van der Waals surface area contributed by atoms with Gasteiger partial charge in [-0.25, -0.2) is 4.98 Å². The maximum absolute atomic E-state index is 13.1. The van der Waals surface area contributed by atoms with Crippen LogP contribution in [-0.4, -0.2) is 22.3 Å². The van der Waals surface area contributed by atoms with Crippen LogP contribution in [0.4, 0.5) is 0 Å². The average Bonchev–Trinajstić information content (AvgIpc) is 2.65. The molecule has 0 aliphatic rings. The molecule has 1 heterocycles. The molecule has 0 spiro atoms. The number of hydrogen-bond acceptors (Lipinski definition) is 4. The standard InChI is InChI=1S/C22H25ClN2O2S/c1-15(2)27-12-6-11-25-21(26)19-10-9-18(23)13-20(19)24-22(25)28-14-17-8-5-4-7-16(17)3/h4-5,7-10,13,15H,6,11-12,14H2,1-3H3. The summed E-state index contributed by atoms with van der Waals surface area (Å²) < 4.78 is 7.40. The molecule has 0 aliphatic carbocycles. The van der Waals surface area contributed by atoms with Crippen LogP contribution in [0.3, 0.4) is 0 Å². The number of fused-ring (bicyclic) bond motifs is 1. The molecule has 0 saturated carbocycles. The maximum atomic E-state index is 13.1. The molecule has 1 aromatic heterocycles. The summed E-state index contributed by atoms with van der Waals surface area (Å²) in [6.45, 7) is 7.31. The second-order valence-corrected chi connectivity index (χ2v) is 8.38. The van der Waals surface area contributed by atoms with Crippen LogP contribution in [0, 0.1) is 6.92 Å². The van der Waals surface area contributed by atoms with Crippen molar-refractivity contribution in [1.29, 1.82) is 0 Å². The van der Waals surface area contributed by atoms with Crippen LogP contribution in [0.15, 0.2) is 52.4 Å². The van der Waals surface area contributed by atoms with Gasteiger partial charge in [-0.15, -0.1) is 0 Å². The van der Waals surface area contributed by atoms with Gasteiger partial charge in [0.05, 0.1) is 17.0 Å². The summed E-state index contributed by atoms with van der Waals surface area (Å²) in [5.74, 6) is 0.758. The molecule has 3 rings (SSSR count). The molecule has 28 heavy (non-hydrogen) atoms. The summed E-state index contributed by atoms with van der Waals surface area (Å²) in [4.78, 5) is 17.8. The largest absolute Gasteiger partial charge is 0.379 e. The van der Waals surface area contributed by atoms with E-state index in [1.807, 2.05) is 26.0 Å². The van der Waals surface area contributed by atoms with Crippen molar-refractivity contribution >= 4 is 34.3 Å². The van der Waals surface area contributed by atoms with Crippen molar-refractivity contribution in [1.82, 2.24) is 9.55 Å².